The number of carbonyl (C=O) groups excluding carboxylic acids is 2. The minimum Gasteiger partial charge on any atom is -0.350 e. The number of carbonyl (C=O) groups is 2. The molecular weight excluding hydrogens is 290 g/mol. The van der Waals surface area contributed by atoms with Gasteiger partial charge in [-0.25, -0.2) is 0 Å². The Morgan fingerprint density at radius 2 is 1.87 bits per heavy atom. The summed E-state index contributed by atoms with van der Waals surface area (Å²) in [5.74, 6) is -0.296. The molecule has 1 heterocycles. The minimum absolute atomic E-state index is 0.0500. The van der Waals surface area contributed by atoms with Crippen LogP contribution in [0.2, 0.25) is 0 Å². The number of nitrogens with zero attached hydrogens (tertiary/aromatic N) is 2. The molecular formula is C18H21N3O2. The lowest BCUT2D eigenvalue weighted by Gasteiger charge is -2.21. The third-order valence-corrected chi connectivity index (χ3v) is 3.47. The fraction of sp³-hybridized carbons (Fsp3) is 0.278. The van der Waals surface area contributed by atoms with Crippen LogP contribution in [-0.4, -0.2) is 28.2 Å². The van der Waals surface area contributed by atoms with E-state index in [0.29, 0.717) is 13.1 Å². The maximum Gasteiger partial charge on any atom is 0.239 e. The van der Waals surface area contributed by atoms with E-state index in [9.17, 15) is 9.59 Å². The van der Waals surface area contributed by atoms with Crippen molar-refractivity contribution in [3.8, 4) is 0 Å². The Balaban J connectivity index is 1.91. The summed E-state index contributed by atoms with van der Waals surface area (Å²) in [6, 6.07) is 11.6. The molecule has 0 radical (unpaired) electrons. The van der Waals surface area contributed by atoms with Gasteiger partial charge in [-0.2, -0.15) is 0 Å². The number of benzene rings is 1. The molecule has 0 atom stereocenters. The number of hydrogen-bond acceptors (Lipinski definition) is 3. The third-order valence-electron chi connectivity index (χ3n) is 3.47. The summed E-state index contributed by atoms with van der Waals surface area (Å²) < 4.78 is 0. The molecule has 2 rings (SSSR count). The van der Waals surface area contributed by atoms with Crippen LogP contribution in [0.5, 0.6) is 0 Å². The topological polar surface area (TPSA) is 62.3 Å². The second-order valence-electron chi connectivity index (χ2n) is 5.50. The van der Waals surface area contributed by atoms with Crippen molar-refractivity contribution in [3.63, 3.8) is 0 Å². The van der Waals surface area contributed by atoms with Gasteiger partial charge in [-0.3, -0.25) is 14.6 Å². The monoisotopic (exact) mass is 311 g/mol. The zero-order chi connectivity index (χ0) is 16.7. The lowest BCUT2D eigenvalue weighted by molar-refractivity contribution is -0.135. The van der Waals surface area contributed by atoms with Crippen molar-refractivity contribution in [1.82, 2.24) is 15.2 Å². The number of aromatic nitrogens is 1. The summed E-state index contributed by atoms with van der Waals surface area (Å²) in [6.45, 7) is 4.39. The average Bonchev–Trinajstić information content (AvgIpc) is 2.53. The molecule has 5 nitrogen and oxygen atoms in total. The normalized spacial score (nSPS) is 10.2. The van der Waals surface area contributed by atoms with Crippen molar-refractivity contribution in [2.75, 3.05) is 6.54 Å². The highest BCUT2D eigenvalue weighted by Gasteiger charge is 2.14. The number of rotatable bonds is 6. The van der Waals surface area contributed by atoms with Gasteiger partial charge in [0.1, 0.15) is 0 Å². The average molecular weight is 311 g/mol. The molecule has 2 amide bonds. The highest BCUT2D eigenvalue weighted by Crippen LogP contribution is 2.08. The molecule has 0 aliphatic rings. The van der Waals surface area contributed by atoms with Crippen molar-refractivity contribution in [3.05, 3.63) is 65.5 Å². The Labute approximate surface area is 136 Å². The molecule has 0 unspecified atom stereocenters. The van der Waals surface area contributed by atoms with E-state index in [2.05, 4.69) is 10.3 Å². The fourth-order valence-electron chi connectivity index (χ4n) is 2.24. The van der Waals surface area contributed by atoms with E-state index in [4.69, 9.17) is 0 Å². The summed E-state index contributed by atoms with van der Waals surface area (Å²) in [4.78, 5) is 29.3. The number of amides is 2. The second-order valence-corrected chi connectivity index (χ2v) is 5.50. The molecule has 0 saturated carbocycles. The fourth-order valence-corrected chi connectivity index (χ4v) is 2.24. The number of nitrogens with one attached hydrogen (secondary N) is 1. The van der Waals surface area contributed by atoms with Gasteiger partial charge in [0.2, 0.25) is 11.8 Å². The van der Waals surface area contributed by atoms with E-state index in [1.165, 1.54) is 11.8 Å². The first kappa shape index (κ1) is 16.7. The summed E-state index contributed by atoms with van der Waals surface area (Å²) >= 11 is 0. The molecule has 2 aromatic rings. The van der Waals surface area contributed by atoms with Crippen LogP contribution in [0.1, 0.15) is 23.6 Å². The Morgan fingerprint density at radius 3 is 2.52 bits per heavy atom. The molecule has 5 heteroatoms. The zero-order valence-electron chi connectivity index (χ0n) is 13.5. The van der Waals surface area contributed by atoms with Crippen molar-refractivity contribution in [2.45, 2.75) is 26.9 Å². The molecule has 0 aliphatic heterocycles. The largest absolute Gasteiger partial charge is 0.350 e. The molecule has 0 bridgehead atoms. The quantitative estimate of drug-likeness (QED) is 0.888. The first-order valence-corrected chi connectivity index (χ1v) is 7.51. The maximum absolute atomic E-state index is 12.1. The minimum atomic E-state index is -0.176. The molecule has 1 aromatic carbocycles. The van der Waals surface area contributed by atoms with E-state index in [0.717, 1.165) is 16.7 Å². The number of hydrogen-bond donors (Lipinski definition) is 1. The lowest BCUT2D eigenvalue weighted by atomic mass is 10.1. The van der Waals surface area contributed by atoms with Gasteiger partial charge in [0.05, 0.1) is 6.54 Å². The van der Waals surface area contributed by atoms with Gasteiger partial charge >= 0.3 is 0 Å². The lowest BCUT2D eigenvalue weighted by Crippen LogP contribution is -2.39. The molecule has 120 valence electrons. The van der Waals surface area contributed by atoms with Crippen LogP contribution in [0.15, 0.2) is 48.8 Å². The van der Waals surface area contributed by atoms with Crippen LogP contribution in [0, 0.1) is 6.92 Å². The van der Waals surface area contributed by atoms with Crippen LogP contribution in [0.3, 0.4) is 0 Å². The molecule has 1 N–H and O–H groups in total. The van der Waals surface area contributed by atoms with Gasteiger partial charge in [-0.05, 0) is 30.2 Å². The second kappa shape index (κ2) is 8.08. The van der Waals surface area contributed by atoms with Crippen LogP contribution < -0.4 is 5.32 Å². The Morgan fingerprint density at radius 1 is 1.13 bits per heavy atom. The van der Waals surface area contributed by atoms with Gasteiger partial charge in [-0.15, -0.1) is 0 Å². The van der Waals surface area contributed by atoms with Gasteiger partial charge in [0, 0.05) is 32.4 Å². The Hall–Kier alpha value is -2.69. The predicted octanol–water partition coefficient (Wildman–Crippen LogP) is 2.05. The predicted molar refractivity (Wildman–Crippen MR) is 88.4 cm³/mol. The van der Waals surface area contributed by atoms with Crippen molar-refractivity contribution >= 4 is 11.8 Å². The van der Waals surface area contributed by atoms with Crippen LogP contribution in [0.25, 0.3) is 0 Å². The highest BCUT2D eigenvalue weighted by atomic mass is 16.2. The van der Waals surface area contributed by atoms with Crippen molar-refractivity contribution < 1.29 is 9.59 Å². The van der Waals surface area contributed by atoms with Crippen LogP contribution in [0.4, 0.5) is 0 Å². The van der Waals surface area contributed by atoms with Crippen molar-refractivity contribution in [2.24, 2.45) is 0 Å². The molecule has 23 heavy (non-hydrogen) atoms. The van der Waals surface area contributed by atoms with Gasteiger partial charge < -0.3 is 10.2 Å². The summed E-state index contributed by atoms with van der Waals surface area (Å²) in [5.41, 5.74) is 3.12. The first-order valence-electron chi connectivity index (χ1n) is 7.51. The van der Waals surface area contributed by atoms with E-state index >= 15 is 0 Å². The molecule has 0 aliphatic carbocycles. The summed E-state index contributed by atoms with van der Waals surface area (Å²) in [6.07, 6.45) is 3.36. The van der Waals surface area contributed by atoms with Crippen molar-refractivity contribution in [1.29, 1.82) is 0 Å². The molecule has 0 fully saturated rings. The Bertz CT molecular complexity index is 671. The van der Waals surface area contributed by atoms with E-state index in [-0.39, 0.29) is 18.4 Å². The zero-order valence-corrected chi connectivity index (χ0v) is 13.5. The van der Waals surface area contributed by atoms with Gasteiger partial charge in [0.15, 0.2) is 0 Å². The highest BCUT2D eigenvalue weighted by molar-refractivity contribution is 5.83. The standard InChI is InChI=1S/C18H21N3O2/c1-14-4-3-5-17(10-14)12-21(15(2)22)13-18(23)20-11-16-6-8-19-9-7-16/h3-10H,11-13H2,1-2H3,(H,20,23). The SMILES string of the molecule is CC(=O)N(CC(=O)NCc1ccncc1)Cc1cccc(C)c1. The van der Waals surface area contributed by atoms with E-state index in [1.807, 2.05) is 43.3 Å². The Kier molecular flexibility index (Phi) is 5.86. The third kappa shape index (κ3) is 5.54. The van der Waals surface area contributed by atoms with Gasteiger partial charge in [-0.1, -0.05) is 29.8 Å². The van der Waals surface area contributed by atoms with Gasteiger partial charge in [0.25, 0.3) is 0 Å². The number of aryl methyl sites for hydroxylation is 1. The van der Waals surface area contributed by atoms with E-state index in [1.54, 1.807) is 12.4 Å². The smallest absolute Gasteiger partial charge is 0.239 e. The molecule has 0 spiro atoms. The summed E-state index contributed by atoms with van der Waals surface area (Å²) in [5, 5.41) is 2.82. The molecule has 0 saturated heterocycles. The summed E-state index contributed by atoms with van der Waals surface area (Å²) in [7, 11) is 0. The molecule has 1 aromatic heterocycles. The van der Waals surface area contributed by atoms with E-state index < -0.39 is 0 Å². The van der Waals surface area contributed by atoms with Crippen LogP contribution >= 0.6 is 0 Å². The number of pyridine rings is 1. The maximum atomic E-state index is 12.1. The first-order chi connectivity index (χ1) is 11.0. The van der Waals surface area contributed by atoms with Crippen LogP contribution in [-0.2, 0) is 22.7 Å².